The van der Waals surface area contributed by atoms with Gasteiger partial charge in [-0.05, 0) is 21.6 Å². The molecule has 0 aliphatic rings. The second kappa shape index (κ2) is 9.18. The Bertz CT molecular complexity index is 443. The molecule has 106 valence electrons. The van der Waals surface area contributed by atoms with E-state index in [-0.39, 0.29) is 12.8 Å². The zero-order chi connectivity index (χ0) is 15.5. The minimum absolute atomic E-state index is 0.185. The van der Waals surface area contributed by atoms with Crippen LogP contribution in [0.25, 0.3) is 0 Å². The summed E-state index contributed by atoms with van der Waals surface area (Å²) in [5, 5.41) is 0. The topological polar surface area (TPSA) is 118 Å². The molecule has 0 N–H and O–H groups in total. The van der Waals surface area contributed by atoms with Crippen molar-refractivity contribution < 1.29 is 19.2 Å². The molecule has 8 nitrogen and oxygen atoms in total. The third-order valence-corrected chi connectivity index (χ3v) is 5.52. The summed E-state index contributed by atoms with van der Waals surface area (Å²) in [5.41, 5.74) is 0. The Kier molecular flexibility index (Phi) is 8.36. The molecule has 20 heavy (non-hydrogen) atoms. The highest BCUT2D eigenvalue weighted by Gasteiger charge is 2.36. The van der Waals surface area contributed by atoms with Crippen LogP contribution in [0.2, 0.25) is 0 Å². The molecule has 0 radical (unpaired) electrons. The summed E-state index contributed by atoms with van der Waals surface area (Å²) >= 11 is 0. The van der Waals surface area contributed by atoms with Crippen LogP contribution in [0.15, 0.2) is 20.0 Å². The Balaban J connectivity index is 5.44. The lowest BCUT2D eigenvalue weighted by Gasteiger charge is -2.24. The van der Waals surface area contributed by atoms with Crippen LogP contribution in [0.1, 0.15) is 26.7 Å². The molecule has 0 aromatic carbocycles. The summed E-state index contributed by atoms with van der Waals surface area (Å²) in [4.78, 5) is 52.6. The Hall–Kier alpha value is -1.78. The molecule has 0 fully saturated rings. The third kappa shape index (κ3) is 5.07. The smallest absolute Gasteiger partial charge is 0.211 e. The van der Waals surface area contributed by atoms with E-state index in [4.69, 9.17) is 0 Å². The van der Waals surface area contributed by atoms with E-state index in [2.05, 4.69) is 20.0 Å². The quantitative estimate of drug-likeness (QED) is 0.364. The van der Waals surface area contributed by atoms with Crippen LogP contribution in [0.5, 0.6) is 0 Å². The van der Waals surface area contributed by atoms with Crippen LogP contribution in [-0.2, 0) is 19.2 Å². The van der Waals surface area contributed by atoms with E-state index >= 15 is 0 Å². The van der Waals surface area contributed by atoms with Gasteiger partial charge in [-0.2, -0.15) is 20.0 Å². The molecule has 0 aliphatic heterocycles. The van der Waals surface area contributed by atoms with Gasteiger partial charge in [-0.3, -0.25) is 0 Å². The molecule has 0 heterocycles. The largest absolute Gasteiger partial charge is 0.238 e. The molecule has 0 aromatic rings. The number of aliphatic imine (C=N–C) groups is 4. The maximum Gasteiger partial charge on any atom is 0.238 e. The molecule has 0 rings (SSSR count). The Morgan fingerprint density at radius 2 is 0.950 bits per heavy atom. The number of carbonyl (C=O) groups excluding carboxylic acids is 4. The van der Waals surface area contributed by atoms with Gasteiger partial charge in [0.05, 0.1) is 0 Å². The average Bonchev–Trinajstić information content (AvgIpc) is 2.45. The fourth-order valence-corrected chi connectivity index (χ4v) is 3.73. The highest BCUT2D eigenvalue weighted by atomic mass is 33.1. The minimum Gasteiger partial charge on any atom is -0.211 e. The first-order valence-electron chi connectivity index (χ1n) is 5.30. The molecule has 10 heteroatoms. The summed E-state index contributed by atoms with van der Waals surface area (Å²) in [5.74, 6) is 0. The number of isocyanates is 4. The van der Waals surface area contributed by atoms with Crippen molar-refractivity contribution in [3.63, 3.8) is 0 Å². The van der Waals surface area contributed by atoms with Gasteiger partial charge in [0.15, 0.2) is 0 Å². The van der Waals surface area contributed by atoms with Crippen molar-refractivity contribution in [3.05, 3.63) is 0 Å². The van der Waals surface area contributed by atoms with Crippen molar-refractivity contribution >= 4 is 45.9 Å². The monoisotopic (exact) mass is 314 g/mol. The fraction of sp³-hybridized carbons (Fsp3) is 0.600. The zero-order valence-corrected chi connectivity index (χ0v) is 12.3. The Morgan fingerprint density at radius 1 is 0.700 bits per heavy atom. The van der Waals surface area contributed by atoms with Crippen molar-refractivity contribution in [3.8, 4) is 0 Å². The van der Waals surface area contributed by atoms with Crippen LogP contribution < -0.4 is 0 Å². The van der Waals surface area contributed by atoms with Crippen LogP contribution in [0, 0.1) is 0 Å². The van der Waals surface area contributed by atoms with E-state index < -0.39 is 9.99 Å². The lowest BCUT2D eigenvalue weighted by molar-refractivity contribution is 0.533. The zero-order valence-electron chi connectivity index (χ0n) is 10.7. The third-order valence-electron chi connectivity index (χ3n) is 2.11. The summed E-state index contributed by atoms with van der Waals surface area (Å²) in [7, 11) is 1.69. The van der Waals surface area contributed by atoms with E-state index in [0.29, 0.717) is 0 Å². The van der Waals surface area contributed by atoms with E-state index in [1.807, 2.05) is 0 Å². The Labute approximate surface area is 122 Å². The first kappa shape index (κ1) is 18.2. The number of nitrogens with zero attached hydrogens (tertiary/aromatic N) is 4. The van der Waals surface area contributed by atoms with Crippen molar-refractivity contribution in [2.45, 2.75) is 36.7 Å². The molecule has 0 amide bonds. The molecule has 0 unspecified atom stereocenters. The predicted octanol–water partition coefficient (Wildman–Crippen LogP) is 1.84. The van der Waals surface area contributed by atoms with Gasteiger partial charge in [-0.1, -0.05) is 13.8 Å². The maximum absolute atomic E-state index is 10.4. The molecule has 0 atom stereocenters. The SMILES string of the molecule is CCC(N=C=O)(N=C=O)SSC(CC)(N=C=O)N=C=O. The summed E-state index contributed by atoms with van der Waals surface area (Å²) < 4.78 is 0. The normalized spacial score (nSPS) is 15.1. The number of hydrogen-bond donors (Lipinski definition) is 0. The summed E-state index contributed by atoms with van der Waals surface area (Å²) in [6.07, 6.45) is 5.63. The van der Waals surface area contributed by atoms with Crippen molar-refractivity contribution in [2.24, 2.45) is 20.0 Å². The fourth-order valence-electron chi connectivity index (χ4n) is 0.977. The number of hydrogen-bond acceptors (Lipinski definition) is 10. The van der Waals surface area contributed by atoms with Gasteiger partial charge in [0.2, 0.25) is 34.3 Å². The van der Waals surface area contributed by atoms with E-state index in [1.54, 1.807) is 13.8 Å². The van der Waals surface area contributed by atoms with Gasteiger partial charge < -0.3 is 0 Å². The average molecular weight is 314 g/mol. The first-order chi connectivity index (χ1) is 9.57. The van der Waals surface area contributed by atoms with Gasteiger partial charge in [-0.25, -0.2) is 19.2 Å². The molecule has 0 aromatic heterocycles. The van der Waals surface area contributed by atoms with Crippen molar-refractivity contribution in [1.82, 2.24) is 0 Å². The van der Waals surface area contributed by atoms with E-state index in [9.17, 15) is 19.2 Å². The van der Waals surface area contributed by atoms with Crippen LogP contribution >= 0.6 is 21.6 Å². The van der Waals surface area contributed by atoms with Crippen LogP contribution in [0.3, 0.4) is 0 Å². The lowest BCUT2D eigenvalue weighted by Crippen LogP contribution is -2.21. The van der Waals surface area contributed by atoms with Crippen molar-refractivity contribution in [1.29, 1.82) is 0 Å². The van der Waals surface area contributed by atoms with E-state index in [1.165, 1.54) is 24.3 Å². The number of rotatable bonds is 9. The van der Waals surface area contributed by atoms with Gasteiger partial charge in [0.25, 0.3) is 0 Å². The summed E-state index contributed by atoms with van der Waals surface area (Å²) in [6.45, 7) is 3.27. The molecule has 0 aliphatic carbocycles. The van der Waals surface area contributed by atoms with Crippen molar-refractivity contribution in [2.75, 3.05) is 0 Å². The highest BCUT2D eigenvalue weighted by molar-refractivity contribution is 8.77. The molecule has 0 saturated heterocycles. The predicted molar refractivity (Wildman–Crippen MR) is 73.7 cm³/mol. The van der Waals surface area contributed by atoms with Gasteiger partial charge in [0, 0.05) is 12.8 Å². The molecule has 0 saturated carbocycles. The molecule has 0 spiro atoms. The van der Waals surface area contributed by atoms with E-state index in [0.717, 1.165) is 21.6 Å². The Morgan fingerprint density at radius 3 is 1.10 bits per heavy atom. The molecular weight excluding hydrogens is 304 g/mol. The molecular formula is C10H10N4O4S2. The second-order valence-electron chi connectivity index (χ2n) is 3.17. The second-order valence-corrected chi connectivity index (χ2v) is 5.81. The standard InChI is InChI=1S/C10H10N4O4S2/c1-3-9(11-5-15,12-6-16)19-20-10(4-2,13-7-17)14-8-18/h3-4H2,1-2H3. The highest BCUT2D eigenvalue weighted by Crippen LogP contribution is 2.49. The van der Waals surface area contributed by atoms with Crippen LogP contribution in [-0.4, -0.2) is 34.3 Å². The van der Waals surface area contributed by atoms with Gasteiger partial charge in [-0.15, -0.1) is 0 Å². The molecule has 0 bridgehead atoms. The van der Waals surface area contributed by atoms with Gasteiger partial charge in [0.1, 0.15) is 0 Å². The maximum atomic E-state index is 10.4. The van der Waals surface area contributed by atoms with Crippen LogP contribution in [0.4, 0.5) is 0 Å². The minimum atomic E-state index is -1.45. The van der Waals surface area contributed by atoms with Gasteiger partial charge >= 0.3 is 0 Å². The lowest BCUT2D eigenvalue weighted by atomic mass is 10.4. The first-order valence-corrected chi connectivity index (χ1v) is 7.45. The summed E-state index contributed by atoms with van der Waals surface area (Å²) in [6, 6.07) is 0.